The first-order valence-electron chi connectivity index (χ1n) is 16.9. The molecule has 0 heterocycles. The van der Waals surface area contributed by atoms with Crippen LogP contribution in [0.3, 0.4) is 0 Å². The SMILES string of the molecule is CCCCCCCCCCCCCCCCCCN(CCCCCC(=O)N(CCCC)CCCC)C(N)=O. The smallest absolute Gasteiger partial charge is 0.314 e. The minimum atomic E-state index is -0.299. The maximum absolute atomic E-state index is 12.6. The van der Waals surface area contributed by atoms with E-state index in [1.54, 1.807) is 4.90 Å². The number of urea groups is 1. The predicted octanol–water partition coefficient (Wildman–Crippen LogP) is 9.62. The molecule has 0 fully saturated rings. The zero-order chi connectivity index (χ0) is 28.1. The molecule has 0 saturated heterocycles. The predicted molar refractivity (Wildman–Crippen MR) is 166 cm³/mol. The molecule has 0 aromatic carbocycles. The van der Waals surface area contributed by atoms with Gasteiger partial charge in [0.05, 0.1) is 0 Å². The van der Waals surface area contributed by atoms with Gasteiger partial charge in [0.2, 0.25) is 5.91 Å². The Balaban J connectivity index is 3.70. The van der Waals surface area contributed by atoms with Gasteiger partial charge in [-0.1, -0.05) is 136 Å². The molecule has 0 aliphatic carbocycles. The number of unbranched alkanes of at least 4 members (excludes halogenated alkanes) is 19. The van der Waals surface area contributed by atoms with Gasteiger partial charge in [0.15, 0.2) is 0 Å². The number of hydrogen-bond acceptors (Lipinski definition) is 2. The summed E-state index contributed by atoms with van der Waals surface area (Å²) in [7, 11) is 0. The van der Waals surface area contributed by atoms with Crippen LogP contribution in [0.25, 0.3) is 0 Å². The molecule has 0 aromatic rings. The minimum absolute atomic E-state index is 0.298. The van der Waals surface area contributed by atoms with Crippen molar-refractivity contribution in [3.05, 3.63) is 0 Å². The van der Waals surface area contributed by atoms with E-state index in [2.05, 4.69) is 25.7 Å². The van der Waals surface area contributed by atoms with Crippen LogP contribution < -0.4 is 5.73 Å². The van der Waals surface area contributed by atoms with Crippen LogP contribution in [0, 0.1) is 0 Å². The van der Waals surface area contributed by atoms with E-state index in [4.69, 9.17) is 5.73 Å². The first kappa shape index (κ1) is 36.7. The van der Waals surface area contributed by atoms with Crippen molar-refractivity contribution in [1.82, 2.24) is 9.80 Å². The van der Waals surface area contributed by atoms with Crippen molar-refractivity contribution < 1.29 is 9.59 Å². The van der Waals surface area contributed by atoms with Gasteiger partial charge in [0, 0.05) is 32.6 Å². The van der Waals surface area contributed by atoms with Gasteiger partial charge >= 0.3 is 6.03 Å². The molecule has 0 bridgehead atoms. The van der Waals surface area contributed by atoms with Crippen LogP contribution in [0.1, 0.15) is 175 Å². The highest BCUT2D eigenvalue weighted by Gasteiger charge is 2.13. The molecular weight excluding hydrogens is 470 g/mol. The number of carbonyl (C=O) groups excluding carboxylic acids is 2. The molecule has 226 valence electrons. The Morgan fingerprint density at radius 1 is 0.421 bits per heavy atom. The second-order valence-electron chi connectivity index (χ2n) is 11.5. The Hall–Kier alpha value is -1.26. The molecule has 0 aliphatic rings. The van der Waals surface area contributed by atoms with Crippen molar-refractivity contribution in [1.29, 1.82) is 0 Å². The molecule has 5 heteroatoms. The highest BCUT2D eigenvalue weighted by molar-refractivity contribution is 5.76. The van der Waals surface area contributed by atoms with E-state index in [9.17, 15) is 9.59 Å². The number of carbonyl (C=O) groups is 2. The number of rotatable bonds is 29. The van der Waals surface area contributed by atoms with Crippen LogP contribution >= 0.6 is 0 Å². The topological polar surface area (TPSA) is 66.6 Å². The number of amides is 3. The summed E-state index contributed by atoms with van der Waals surface area (Å²) < 4.78 is 0. The summed E-state index contributed by atoms with van der Waals surface area (Å²) in [6.07, 6.45) is 29.5. The molecule has 0 unspecified atom stereocenters. The molecule has 0 rings (SSSR count). The van der Waals surface area contributed by atoms with E-state index in [-0.39, 0.29) is 6.03 Å². The fraction of sp³-hybridized carbons (Fsp3) is 0.939. The molecular formula is C33H67N3O2. The number of primary amides is 1. The Bertz CT molecular complexity index is 518. The van der Waals surface area contributed by atoms with E-state index in [1.165, 1.54) is 96.3 Å². The van der Waals surface area contributed by atoms with Crippen LogP contribution in [0.15, 0.2) is 0 Å². The quantitative estimate of drug-likeness (QED) is 0.0965. The first-order chi connectivity index (χ1) is 18.6. The summed E-state index contributed by atoms with van der Waals surface area (Å²) >= 11 is 0. The summed E-state index contributed by atoms with van der Waals surface area (Å²) in [6, 6.07) is -0.299. The average molecular weight is 538 g/mol. The normalized spacial score (nSPS) is 11.1. The molecule has 0 aliphatic heterocycles. The lowest BCUT2D eigenvalue weighted by atomic mass is 10.0. The molecule has 38 heavy (non-hydrogen) atoms. The lowest BCUT2D eigenvalue weighted by Crippen LogP contribution is -2.37. The van der Waals surface area contributed by atoms with Gasteiger partial charge in [-0.2, -0.15) is 0 Å². The molecule has 5 nitrogen and oxygen atoms in total. The van der Waals surface area contributed by atoms with Gasteiger partial charge in [-0.3, -0.25) is 4.79 Å². The number of nitrogens with zero attached hydrogens (tertiary/aromatic N) is 2. The Morgan fingerprint density at radius 2 is 0.737 bits per heavy atom. The zero-order valence-corrected chi connectivity index (χ0v) is 26.1. The van der Waals surface area contributed by atoms with Crippen LogP contribution in [-0.2, 0) is 4.79 Å². The monoisotopic (exact) mass is 538 g/mol. The fourth-order valence-corrected chi connectivity index (χ4v) is 5.16. The van der Waals surface area contributed by atoms with Crippen molar-refractivity contribution in [2.75, 3.05) is 26.2 Å². The van der Waals surface area contributed by atoms with Gasteiger partial charge in [0.25, 0.3) is 0 Å². The second-order valence-corrected chi connectivity index (χ2v) is 11.5. The van der Waals surface area contributed by atoms with Crippen molar-refractivity contribution in [2.24, 2.45) is 5.73 Å². The van der Waals surface area contributed by atoms with Crippen molar-refractivity contribution >= 4 is 11.9 Å². The maximum atomic E-state index is 12.6. The molecule has 0 saturated carbocycles. The summed E-state index contributed by atoms with van der Waals surface area (Å²) in [5.41, 5.74) is 5.63. The fourth-order valence-electron chi connectivity index (χ4n) is 5.16. The summed E-state index contributed by atoms with van der Waals surface area (Å²) in [5, 5.41) is 0. The van der Waals surface area contributed by atoms with E-state index in [1.807, 2.05) is 0 Å². The molecule has 0 radical (unpaired) electrons. The van der Waals surface area contributed by atoms with Gasteiger partial charge in [-0.15, -0.1) is 0 Å². The zero-order valence-electron chi connectivity index (χ0n) is 26.1. The Labute approximate surface area is 238 Å². The summed E-state index contributed by atoms with van der Waals surface area (Å²) in [6.45, 7) is 9.91. The van der Waals surface area contributed by atoms with E-state index < -0.39 is 0 Å². The molecule has 0 spiro atoms. The third-order valence-corrected chi connectivity index (χ3v) is 7.83. The van der Waals surface area contributed by atoms with Crippen LogP contribution in [-0.4, -0.2) is 47.9 Å². The van der Waals surface area contributed by atoms with Crippen molar-refractivity contribution in [3.8, 4) is 0 Å². The molecule has 0 atom stereocenters. The van der Waals surface area contributed by atoms with Crippen LogP contribution in [0.5, 0.6) is 0 Å². The summed E-state index contributed by atoms with van der Waals surface area (Å²) in [5.74, 6) is 0.298. The Kier molecular flexibility index (Phi) is 27.8. The number of nitrogens with two attached hydrogens (primary N) is 1. The molecule has 2 N–H and O–H groups in total. The van der Waals surface area contributed by atoms with Crippen LogP contribution in [0.4, 0.5) is 4.79 Å². The third kappa shape index (κ3) is 23.8. The van der Waals surface area contributed by atoms with Gasteiger partial charge < -0.3 is 15.5 Å². The highest BCUT2D eigenvalue weighted by Crippen LogP contribution is 2.14. The van der Waals surface area contributed by atoms with Gasteiger partial charge in [0.1, 0.15) is 0 Å². The Morgan fingerprint density at radius 3 is 1.11 bits per heavy atom. The van der Waals surface area contributed by atoms with Crippen molar-refractivity contribution in [2.45, 2.75) is 175 Å². The largest absolute Gasteiger partial charge is 0.351 e. The lowest BCUT2D eigenvalue weighted by molar-refractivity contribution is -0.131. The maximum Gasteiger partial charge on any atom is 0.314 e. The van der Waals surface area contributed by atoms with E-state index in [0.717, 1.165) is 77.5 Å². The van der Waals surface area contributed by atoms with Crippen molar-refractivity contribution in [3.63, 3.8) is 0 Å². The van der Waals surface area contributed by atoms with Crippen LogP contribution in [0.2, 0.25) is 0 Å². The molecule has 0 aromatic heterocycles. The average Bonchev–Trinajstić information content (AvgIpc) is 2.91. The third-order valence-electron chi connectivity index (χ3n) is 7.83. The van der Waals surface area contributed by atoms with Gasteiger partial charge in [-0.05, 0) is 32.1 Å². The lowest BCUT2D eigenvalue weighted by Gasteiger charge is -2.23. The first-order valence-corrected chi connectivity index (χ1v) is 16.9. The standard InChI is InChI=1S/C33H67N3O2/c1-4-7-10-11-12-13-14-15-16-17-18-19-20-21-22-25-30-36(33(34)38)31-26-23-24-27-32(37)35(28-8-5-2)29-9-6-3/h4-31H2,1-3H3,(H2,34,38). The second kappa shape index (κ2) is 28.7. The molecule has 3 amide bonds. The highest BCUT2D eigenvalue weighted by atomic mass is 16.2. The van der Waals surface area contributed by atoms with Gasteiger partial charge in [-0.25, -0.2) is 4.79 Å². The minimum Gasteiger partial charge on any atom is -0.351 e. The summed E-state index contributed by atoms with van der Waals surface area (Å²) in [4.78, 5) is 28.3. The number of hydrogen-bond donors (Lipinski definition) is 1. The van der Waals surface area contributed by atoms with E-state index in [0.29, 0.717) is 12.3 Å². The van der Waals surface area contributed by atoms with E-state index >= 15 is 0 Å².